The summed E-state index contributed by atoms with van der Waals surface area (Å²) in [7, 11) is -3.65. The van der Waals surface area contributed by atoms with E-state index in [1.54, 1.807) is 49.4 Å². The van der Waals surface area contributed by atoms with Gasteiger partial charge in [0.15, 0.2) is 0 Å². The standard InChI is InChI=1S/C27H37Cl2N3O5S/c1-6-19(3)30-27(34)20(4)31(18-21-22(28)12-10-13-23(21)29)26(33)16-11-17-32(38(5,35)36)24-14-8-9-15-25(24)37-7-2/h8-10,12-15,19-20H,6-7,11,16-18H2,1-5H3,(H,30,34). The summed E-state index contributed by atoms with van der Waals surface area (Å²) in [6, 6.07) is 11.1. The first kappa shape index (κ1) is 31.7. The number of hydrogen-bond donors (Lipinski definition) is 1. The highest BCUT2D eigenvalue weighted by Gasteiger charge is 2.28. The number of halogens is 2. The average Bonchev–Trinajstić information content (AvgIpc) is 2.86. The van der Waals surface area contributed by atoms with Crippen molar-refractivity contribution < 1.29 is 22.7 Å². The Morgan fingerprint density at radius 2 is 1.66 bits per heavy atom. The first-order chi connectivity index (χ1) is 17.9. The van der Waals surface area contributed by atoms with Gasteiger partial charge in [0.1, 0.15) is 11.8 Å². The number of anilines is 1. The minimum atomic E-state index is -3.65. The second-order valence-electron chi connectivity index (χ2n) is 9.06. The van der Waals surface area contributed by atoms with E-state index in [9.17, 15) is 18.0 Å². The van der Waals surface area contributed by atoms with Gasteiger partial charge in [-0.2, -0.15) is 0 Å². The number of rotatable bonds is 14. The van der Waals surface area contributed by atoms with E-state index in [-0.39, 0.29) is 43.8 Å². The molecule has 11 heteroatoms. The van der Waals surface area contributed by atoms with Gasteiger partial charge in [0.05, 0.1) is 18.6 Å². The topological polar surface area (TPSA) is 96.0 Å². The molecule has 2 amide bonds. The second kappa shape index (κ2) is 14.6. The number of nitrogens with zero attached hydrogens (tertiary/aromatic N) is 2. The molecule has 2 aromatic carbocycles. The minimum absolute atomic E-state index is 0.00580. The molecule has 0 bridgehead atoms. The minimum Gasteiger partial charge on any atom is -0.492 e. The first-order valence-corrected chi connectivity index (χ1v) is 15.2. The van der Waals surface area contributed by atoms with E-state index < -0.39 is 16.1 Å². The molecule has 38 heavy (non-hydrogen) atoms. The van der Waals surface area contributed by atoms with Crippen molar-refractivity contribution in [1.82, 2.24) is 10.2 Å². The maximum Gasteiger partial charge on any atom is 0.242 e. The molecule has 2 atom stereocenters. The van der Waals surface area contributed by atoms with Gasteiger partial charge in [0.25, 0.3) is 0 Å². The number of benzene rings is 2. The fourth-order valence-corrected chi connectivity index (χ4v) is 5.31. The molecule has 8 nitrogen and oxygen atoms in total. The Hall–Kier alpha value is -2.49. The summed E-state index contributed by atoms with van der Waals surface area (Å²) in [5.74, 6) is -0.171. The zero-order chi connectivity index (χ0) is 28.5. The zero-order valence-electron chi connectivity index (χ0n) is 22.5. The normalized spacial score (nSPS) is 12.9. The summed E-state index contributed by atoms with van der Waals surface area (Å²) in [5, 5.41) is 3.69. The van der Waals surface area contributed by atoms with Crippen LogP contribution in [0.5, 0.6) is 5.75 Å². The number of para-hydroxylation sites is 2. The van der Waals surface area contributed by atoms with Crippen LogP contribution in [0.3, 0.4) is 0 Å². The van der Waals surface area contributed by atoms with Crippen molar-refractivity contribution in [3.8, 4) is 5.75 Å². The third-order valence-electron chi connectivity index (χ3n) is 6.14. The van der Waals surface area contributed by atoms with Gasteiger partial charge in [-0.1, -0.05) is 48.3 Å². The Morgan fingerprint density at radius 3 is 2.24 bits per heavy atom. The molecule has 210 valence electrons. The number of hydrogen-bond acceptors (Lipinski definition) is 5. The van der Waals surface area contributed by atoms with Crippen molar-refractivity contribution in [3.05, 3.63) is 58.1 Å². The van der Waals surface area contributed by atoms with Crippen LogP contribution in [0, 0.1) is 0 Å². The van der Waals surface area contributed by atoms with Gasteiger partial charge >= 0.3 is 0 Å². The van der Waals surface area contributed by atoms with Crippen LogP contribution >= 0.6 is 23.2 Å². The lowest BCUT2D eigenvalue weighted by atomic mass is 10.1. The van der Waals surface area contributed by atoms with E-state index in [1.807, 2.05) is 20.8 Å². The van der Waals surface area contributed by atoms with Gasteiger partial charge < -0.3 is 15.0 Å². The number of ether oxygens (including phenoxy) is 1. The Kier molecular flexibility index (Phi) is 12.2. The molecule has 0 aliphatic heterocycles. The molecule has 0 aromatic heterocycles. The molecule has 0 radical (unpaired) electrons. The van der Waals surface area contributed by atoms with Gasteiger partial charge in [-0.05, 0) is 57.9 Å². The van der Waals surface area contributed by atoms with Crippen molar-refractivity contribution in [2.24, 2.45) is 0 Å². The Bertz CT molecular complexity index is 1190. The van der Waals surface area contributed by atoms with Gasteiger partial charge in [0.2, 0.25) is 21.8 Å². The highest BCUT2D eigenvalue weighted by molar-refractivity contribution is 7.92. The molecule has 0 saturated carbocycles. The SMILES string of the molecule is CCOc1ccccc1N(CCCC(=O)N(Cc1c(Cl)cccc1Cl)C(C)C(=O)NC(C)CC)S(C)(=O)=O. The summed E-state index contributed by atoms with van der Waals surface area (Å²) >= 11 is 12.7. The smallest absolute Gasteiger partial charge is 0.242 e. The van der Waals surface area contributed by atoms with Gasteiger partial charge in [-0.15, -0.1) is 0 Å². The van der Waals surface area contributed by atoms with Crippen molar-refractivity contribution in [3.63, 3.8) is 0 Å². The van der Waals surface area contributed by atoms with Crippen molar-refractivity contribution in [2.45, 2.75) is 65.6 Å². The quantitative estimate of drug-likeness (QED) is 0.326. The van der Waals surface area contributed by atoms with Gasteiger partial charge in [0, 0.05) is 41.2 Å². The fourth-order valence-electron chi connectivity index (χ4n) is 3.83. The molecular weight excluding hydrogens is 549 g/mol. The molecule has 0 saturated heterocycles. The van der Waals surface area contributed by atoms with E-state index in [4.69, 9.17) is 27.9 Å². The van der Waals surface area contributed by atoms with E-state index in [0.717, 1.165) is 12.7 Å². The maximum absolute atomic E-state index is 13.5. The number of carbonyl (C=O) groups excluding carboxylic acids is 2. The van der Waals surface area contributed by atoms with Crippen LogP contribution in [0.2, 0.25) is 10.0 Å². The van der Waals surface area contributed by atoms with Crippen LogP contribution in [-0.4, -0.2) is 56.6 Å². The first-order valence-electron chi connectivity index (χ1n) is 12.6. The highest BCUT2D eigenvalue weighted by Crippen LogP contribution is 2.31. The van der Waals surface area contributed by atoms with E-state index in [1.165, 1.54) is 9.21 Å². The molecule has 0 heterocycles. The number of amides is 2. The van der Waals surface area contributed by atoms with Crippen LogP contribution in [0.4, 0.5) is 5.69 Å². The van der Waals surface area contributed by atoms with Crippen LogP contribution in [0.25, 0.3) is 0 Å². The predicted molar refractivity (Wildman–Crippen MR) is 153 cm³/mol. The molecule has 0 aliphatic rings. The monoisotopic (exact) mass is 585 g/mol. The van der Waals surface area contributed by atoms with E-state index >= 15 is 0 Å². The Balaban J connectivity index is 2.27. The molecule has 2 unspecified atom stereocenters. The summed E-state index contributed by atoms with van der Waals surface area (Å²) in [6.45, 7) is 7.79. The predicted octanol–water partition coefficient (Wildman–Crippen LogP) is 5.27. The summed E-state index contributed by atoms with van der Waals surface area (Å²) in [5.41, 5.74) is 0.945. The van der Waals surface area contributed by atoms with Crippen LogP contribution in [0.15, 0.2) is 42.5 Å². The molecular formula is C27H37Cl2N3O5S. The summed E-state index contributed by atoms with van der Waals surface area (Å²) < 4.78 is 32.1. The van der Waals surface area contributed by atoms with Crippen LogP contribution < -0.4 is 14.4 Å². The molecule has 0 aliphatic carbocycles. The lowest BCUT2D eigenvalue weighted by molar-refractivity contribution is -0.140. The largest absolute Gasteiger partial charge is 0.492 e. The van der Waals surface area contributed by atoms with Crippen molar-refractivity contribution in [1.29, 1.82) is 0 Å². The molecule has 1 N–H and O–H groups in total. The van der Waals surface area contributed by atoms with Gasteiger partial charge in [-0.3, -0.25) is 13.9 Å². The van der Waals surface area contributed by atoms with Gasteiger partial charge in [-0.25, -0.2) is 8.42 Å². The third-order valence-corrected chi connectivity index (χ3v) is 8.03. The van der Waals surface area contributed by atoms with Crippen LogP contribution in [-0.2, 0) is 26.2 Å². The second-order valence-corrected chi connectivity index (χ2v) is 11.8. The zero-order valence-corrected chi connectivity index (χ0v) is 24.9. The van der Waals surface area contributed by atoms with Crippen LogP contribution in [0.1, 0.15) is 52.5 Å². The van der Waals surface area contributed by atoms with E-state index in [2.05, 4.69) is 5.32 Å². The lowest BCUT2D eigenvalue weighted by Gasteiger charge is -2.31. The Morgan fingerprint density at radius 1 is 1.03 bits per heavy atom. The average molecular weight is 587 g/mol. The fraction of sp³-hybridized carbons (Fsp3) is 0.481. The lowest BCUT2D eigenvalue weighted by Crippen LogP contribution is -2.49. The van der Waals surface area contributed by atoms with E-state index in [0.29, 0.717) is 33.7 Å². The Labute approximate surface area is 236 Å². The summed E-state index contributed by atoms with van der Waals surface area (Å²) in [6.07, 6.45) is 2.09. The molecule has 0 fully saturated rings. The highest BCUT2D eigenvalue weighted by atomic mass is 35.5. The molecule has 0 spiro atoms. The van der Waals surface area contributed by atoms with Crippen molar-refractivity contribution in [2.75, 3.05) is 23.7 Å². The number of sulfonamides is 1. The molecule has 2 rings (SSSR count). The maximum atomic E-state index is 13.5. The number of carbonyl (C=O) groups is 2. The molecule has 2 aromatic rings. The number of nitrogens with one attached hydrogen (secondary N) is 1. The third kappa shape index (κ3) is 8.78. The summed E-state index contributed by atoms with van der Waals surface area (Å²) in [4.78, 5) is 27.9. The van der Waals surface area contributed by atoms with Crippen molar-refractivity contribution >= 4 is 50.7 Å².